The maximum Gasteiger partial charge on any atom is 0.337 e. The van der Waals surface area contributed by atoms with Crippen LogP contribution < -0.4 is 0 Å². The summed E-state index contributed by atoms with van der Waals surface area (Å²) < 4.78 is 5.84. The van der Waals surface area contributed by atoms with Gasteiger partial charge in [-0.2, -0.15) is 5.10 Å². The first kappa shape index (κ1) is 15.5. The summed E-state index contributed by atoms with van der Waals surface area (Å²) in [6, 6.07) is 9.09. The molecule has 0 spiro atoms. The van der Waals surface area contributed by atoms with E-state index in [0.29, 0.717) is 11.4 Å². The van der Waals surface area contributed by atoms with Crippen LogP contribution in [0.3, 0.4) is 0 Å². The average Bonchev–Trinajstić information content (AvgIpc) is 2.80. The van der Waals surface area contributed by atoms with Crippen LogP contribution in [0.25, 0.3) is 5.69 Å². The number of aliphatic hydroxyl groups is 2. The normalized spacial score (nSPS) is 13.8. The lowest BCUT2D eigenvalue weighted by atomic mass is 10.1. The smallest absolute Gasteiger partial charge is 0.337 e. The van der Waals surface area contributed by atoms with E-state index in [1.807, 2.05) is 18.2 Å². The van der Waals surface area contributed by atoms with Gasteiger partial charge in [-0.25, -0.2) is 9.48 Å². The summed E-state index contributed by atoms with van der Waals surface area (Å²) in [7, 11) is 1.13. The number of aryl methyl sites for hydroxylation is 1. The number of hydrogen-bond acceptors (Lipinski definition) is 5. The Labute approximate surface area is 126 Å². The van der Waals surface area contributed by atoms with E-state index >= 15 is 0 Å². The highest BCUT2D eigenvalue weighted by Gasteiger charge is 2.32. The van der Waals surface area contributed by atoms with E-state index in [4.69, 9.17) is 11.6 Å². The van der Waals surface area contributed by atoms with Crippen LogP contribution >= 0.6 is 11.6 Å². The van der Waals surface area contributed by atoms with Crippen LogP contribution in [0.2, 0.25) is 5.15 Å². The fraction of sp³-hybridized carbons (Fsp3) is 0.286. The zero-order chi connectivity index (χ0) is 15.6. The molecule has 7 heteroatoms. The summed E-state index contributed by atoms with van der Waals surface area (Å²) >= 11 is 6.23. The molecule has 2 N–H and O–H groups in total. The zero-order valence-electron chi connectivity index (χ0n) is 11.5. The molecule has 0 aliphatic carbocycles. The number of ether oxygens (including phenoxy) is 1. The summed E-state index contributed by atoms with van der Waals surface area (Å²) in [5, 5.41) is 24.2. The molecule has 1 aromatic carbocycles. The number of carbonyl (C=O) groups is 1. The number of benzene rings is 1. The standard InChI is InChI=1S/C14H15ClN2O4/c1-8-10(11(18)12(19)14(20)21-2)13(15)17(16-8)9-6-4-3-5-7-9/h3-7,11-12,18-19H,1-2H3. The van der Waals surface area contributed by atoms with Gasteiger partial charge in [0, 0.05) is 5.56 Å². The van der Waals surface area contributed by atoms with E-state index in [1.165, 1.54) is 4.68 Å². The van der Waals surface area contributed by atoms with Gasteiger partial charge in [-0.3, -0.25) is 0 Å². The lowest BCUT2D eigenvalue weighted by Gasteiger charge is -2.15. The third-order valence-corrected chi connectivity index (χ3v) is 3.45. The number of esters is 1. The van der Waals surface area contributed by atoms with E-state index < -0.39 is 18.2 Å². The summed E-state index contributed by atoms with van der Waals surface area (Å²) in [6.45, 7) is 1.63. The van der Waals surface area contributed by atoms with Crippen LogP contribution in [0.1, 0.15) is 17.4 Å². The number of aromatic nitrogens is 2. The van der Waals surface area contributed by atoms with E-state index in [-0.39, 0.29) is 10.7 Å². The Morgan fingerprint density at radius 1 is 1.33 bits per heavy atom. The number of methoxy groups -OCH3 is 1. The van der Waals surface area contributed by atoms with Gasteiger partial charge in [0.1, 0.15) is 11.3 Å². The average molecular weight is 311 g/mol. The molecule has 21 heavy (non-hydrogen) atoms. The highest BCUT2D eigenvalue weighted by molar-refractivity contribution is 6.30. The van der Waals surface area contributed by atoms with Crippen molar-refractivity contribution in [2.24, 2.45) is 0 Å². The van der Waals surface area contributed by atoms with Crippen LogP contribution in [-0.4, -0.2) is 39.2 Å². The minimum Gasteiger partial charge on any atom is -0.467 e. The Kier molecular flexibility index (Phi) is 4.62. The molecule has 0 fully saturated rings. The van der Waals surface area contributed by atoms with Crippen molar-refractivity contribution in [1.82, 2.24) is 9.78 Å². The molecule has 0 aliphatic rings. The van der Waals surface area contributed by atoms with Gasteiger partial charge in [0.15, 0.2) is 6.10 Å². The first-order valence-corrected chi connectivity index (χ1v) is 6.59. The monoisotopic (exact) mass is 310 g/mol. The van der Waals surface area contributed by atoms with Crippen molar-refractivity contribution in [2.75, 3.05) is 7.11 Å². The third kappa shape index (κ3) is 2.92. The third-order valence-electron chi connectivity index (χ3n) is 3.09. The Balaban J connectivity index is 2.43. The molecule has 0 radical (unpaired) electrons. The first-order chi connectivity index (χ1) is 9.97. The van der Waals surface area contributed by atoms with Gasteiger partial charge >= 0.3 is 5.97 Å². The Morgan fingerprint density at radius 2 is 1.95 bits per heavy atom. The molecule has 112 valence electrons. The number of carbonyl (C=O) groups excluding carboxylic acids is 1. The molecule has 2 unspecified atom stereocenters. The highest BCUT2D eigenvalue weighted by Crippen LogP contribution is 2.30. The van der Waals surface area contributed by atoms with Crippen molar-refractivity contribution in [2.45, 2.75) is 19.1 Å². The van der Waals surface area contributed by atoms with E-state index in [1.54, 1.807) is 19.1 Å². The number of halogens is 1. The summed E-state index contributed by atoms with van der Waals surface area (Å²) in [5.41, 5.74) is 1.31. The zero-order valence-corrected chi connectivity index (χ0v) is 12.3. The molecule has 1 heterocycles. The van der Waals surface area contributed by atoms with Gasteiger partial charge in [-0.15, -0.1) is 0 Å². The van der Waals surface area contributed by atoms with Gasteiger partial charge in [-0.05, 0) is 19.1 Å². The van der Waals surface area contributed by atoms with Crippen molar-refractivity contribution in [3.05, 3.63) is 46.7 Å². The summed E-state index contributed by atoms with van der Waals surface area (Å²) in [5.74, 6) is -0.939. The number of aliphatic hydroxyl groups excluding tert-OH is 2. The second kappa shape index (κ2) is 6.26. The second-order valence-electron chi connectivity index (χ2n) is 4.45. The number of rotatable bonds is 4. The number of hydrogen-bond donors (Lipinski definition) is 2. The van der Waals surface area contributed by atoms with Crippen LogP contribution in [0.5, 0.6) is 0 Å². The summed E-state index contributed by atoms with van der Waals surface area (Å²) in [4.78, 5) is 11.3. The van der Waals surface area contributed by atoms with Gasteiger partial charge in [0.05, 0.1) is 18.5 Å². The van der Waals surface area contributed by atoms with Crippen LogP contribution in [0, 0.1) is 6.92 Å². The molecule has 2 atom stereocenters. The van der Waals surface area contributed by atoms with Crippen molar-refractivity contribution < 1.29 is 19.7 Å². The molecular weight excluding hydrogens is 296 g/mol. The maximum atomic E-state index is 11.3. The molecular formula is C14H15ClN2O4. The fourth-order valence-electron chi connectivity index (χ4n) is 1.99. The van der Waals surface area contributed by atoms with E-state index in [0.717, 1.165) is 7.11 Å². The van der Waals surface area contributed by atoms with Crippen molar-refractivity contribution >= 4 is 17.6 Å². The van der Waals surface area contributed by atoms with Gasteiger partial charge in [0.25, 0.3) is 0 Å². The van der Waals surface area contributed by atoms with Crippen LogP contribution in [-0.2, 0) is 9.53 Å². The van der Waals surface area contributed by atoms with Crippen molar-refractivity contribution in [3.8, 4) is 5.69 Å². The molecule has 0 amide bonds. The molecule has 0 bridgehead atoms. The van der Waals surface area contributed by atoms with Gasteiger partial charge in [-0.1, -0.05) is 29.8 Å². The molecule has 0 saturated carbocycles. The molecule has 0 saturated heterocycles. The van der Waals surface area contributed by atoms with Crippen LogP contribution in [0.15, 0.2) is 30.3 Å². The SMILES string of the molecule is COC(=O)C(O)C(O)c1c(C)nn(-c2ccccc2)c1Cl. The molecule has 6 nitrogen and oxygen atoms in total. The lowest BCUT2D eigenvalue weighted by Crippen LogP contribution is -2.29. The highest BCUT2D eigenvalue weighted by atomic mass is 35.5. The molecule has 2 aromatic rings. The molecule has 2 rings (SSSR count). The Bertz CT molecular complexity index is 642. The van der Waals surface area contributed by atoms with Crippen molar-refractivity contribution in [3.63, 3.8) is 0 Å². The lowest BCUT2D eigenvalue weighted by molar-refractivity contribution is -0.156. The van der Waals surface area contributed by atoms with Gasteiger partial charge in [0.2, 0.25) is 0 Å². The second-order valence-corrected chi connectivity index (χ2v) is 4.81. The van der Waals surface area contributed by atoms with Crippen molar-refractivity contribution in [1.29, 1.82) is 0 Å². The van der Waals surface area contributed by atoms with Crippen LogP contribution in [0.4, 0.5) is 0 Å². The maximum absolute atomic E-state index is 11.3. The number of para-hydroxylation sites is 1. The Morgan fingerprint density at radius 3 is 2.52 bits per heavy atom. The topological polar surface area (TPSA) is 84.6 Å². The fourth-order valence-corrected chi connectivity index (χ4v) is 2.38. The number of nitrogens with zero attached hydrogens (tertiary/aromatic N) is 2. The molecule has 0 aliphatic heterocycles. The Hall–Kier alpha value is -1.89. The molecule has 1 aromatic heterocycles. The van der Waals surface area contributed by atoms with Gasteiger partial charge < -0.3 is 14.9 Å². The quantitative estimate of drug-likeness (QED) is 0.834. The predicted molar refractivity (Wildman–Crippen MR) is 76.3 cm³/mol. The predicted octanol–water partition coefficient (Wildman–Crippen LogP) is 1.40. The minimum absolute atomic E-state index is 0.133. The summed E-state index contributed by atoms with van der Waals surface area (Å²) in [6.07, 6.45) is -3.23. The minimum atomic E-state index is -1.72. The first-order valence-electron chi connectivity index (χ1n) is 6.21. The van der Waals surface area contributed by atoms with E-state index in [2.05, 4.69) is 9.84 Å². The van der Waals surface area contributed by atoms with E-state index in [9.17, 15) is 15.0 Å². The largest absolute Gasteiger partial charge is 0.467 e.